The number of carbonyl (C=O) groups excluding carboxylic acids is 2. The number of amides is 1. The summed E-state index contributed by atoms with van der Waals surface area (Å²) in [4.78, 5) is 32.5. The summed E-state index contributed by atoms with van der Waals surface area (Å²) in [6, 6.07) is 2.99. The third-order valence-electron chi connectivity index (χ3n) is 3.90. The molecule has 124 valence electrons. The van der Waals surface area contributed by atoms with Crippen LogP contribution in [0.15, 0.2) is 35.9 Å². The average Bonchev–Trinajstić information content (AvgIpc) is 2.77. The van der Waals surface area contributed by atoms with Crippen LogP contribution in [0.1, 0.15) is 25.5 Å². The molecule has 2 rings (SSSR count). The minimum Gasteiger partial charge on any atom is -0.503 e. The Bertz CT molecular complexity index is 623. The zero-order chi connectivity index (χ0) is 17.1. The van der Waals surface area contributed by atoms with Crippen LogP contribution >= 0.6 is 0 Å². The highest BCUT2D eigenvalue weighted by Crippen LogP contribution is 2.38. The van der Waals surface area contributed by atoms with Gasteiger partial charge in [0, 0.05) is 31.4 Å². The first kappa shape index (κ1) is 17.1. The molecule has 1 amide bonds. The number of aromatic nitrogens is 1. The SMILES string of the molecule is CC(C)C(=O)C1=C(O)C(=O)N(CCN(C)C)C1c1ccncc1. The molecule has 1 aliphatic rings. The predicted molar refractivity (Wildman–Crippen MR) is 86.7 cm³/mol. The molecule has 1 aliphatic heterocycles. The van der Waals surface area contributed by atoms with Gasteiger partial charge in [0.15, 0.2) is 11.5 Å². The summed E-state index contributed by atoms with van der Waals surface area (Å²) in [6.07, 6.45) is 3.24. The molecule has 0 aliphatic carbocycles. The van der Waals surface area contributed by atoms with Crippen LogP contribution < -0.4 is 0 Å². The number of hydrogen-bond donors (Lipinski definition) is 1. The standard InChI is InChI=1S/C17H23N3O3/c1-11(2)15(21)13-14(12-5-7-18-8-6-12)20(10-9-19(3)4)17(23)16(13)22/h5-8,11,14,22H,9-10H2,1-4H3. The molecule has 0 bridgehead atoms. The monoisotopic (exact) mass is 317 g/mol. The van der Waals surface area contributed by atoms with Crippen molar-refractivity contribution in [2.75, 3.05) is 27.2 Å². The quantitative estimate of drug-likeness (QED) is 0.862. The number of aliphatic hydroxyl groups is 1. The Morgan fingerprint density at radius 1 is 1.35 bits per heavy atom. The van der Waals surface area contributed by atoms with E-state index < -0.39 is 17.7 Å². The molecule has 2 heterocycles. The molecule has 0 radical (unpaired) electrons. The minimum atomic E-state index is -0.555. The lowest BCUT2D eigenvalue weighted by Gasteiger charge is -2.28. The largest absolute Gasteiger partial charge is 0.503 e. The van der Waals surface area contributed by atoms with Crippen molar-refractivity contribution in [1.82, 2.24) is 14.8 Å². The Morgan fingerprint density at radius 2 is 1.96 bits per heavy atom. The number of hydrogen-bond acceptors (Lipinski definition) is 5. The number of carbonyl (C=O) groups is 2. The van der Waals surface area contributed by atoms with Gasteiger partial charge in [-0.05, 0) is 31.8 Å². The minimum absolute atomic E-state index is 0.190. The number of ketones is 1. The van der Waals surface area contributed by atoms with Gasteiger partial charge in [-0.15, -0.1) is 0 Å². The lowest BCUT2D eigenvalue weighted by Crippen LogP contribution is -2.36. The average molecular weight is 317 g/mol. The first-order valence-electron chi connectivity index (χ1n) is 7.67. The van der Waals surface area contributed by atoms with Gasteiger partial charge < -0.3 is 14.9 Å². The Morgan fingerprint density at radius 3 is 2.48 bits per heavy atom. The molecule has 1 unspecified atom stereocenters. The maximum Gasteiger partial charge on any atom is 0.290 e. The molecule has 1 N–H and O–H groups in total. The normalized spacial score (nSPS) is 18.4. The van der Waals surface area contributed by atoms with E-state index in [0.29, 0.717) is 13.1 Å². The van der Waals surface area contributed by atoms with Gasteiger partial charge >= 0.3 is 0 Å². The van der Waals surface area contributed by atoms with E-state index in [9.17, 15) is 14.7 Å². The van der Waals surface area contributed by atoms with Crippen LogP contribution in [0.25, 0.3) is 0 Å². The van der Waals surface area contributed by atoms with Crippen molar-refractivity contribution in [3.63, 3.8) is 0 Å². The summed E-state index contributed by atoms with van der Waals surface area (Å²) in [6.45, 7) is 4.60. The van der Waals surface area contributed by atoms with Crippen LogP contribution in [0.5, 0.6) is 0 Å². The maximum absolute atomic E-state index is 12.5. The predicted octanol–water partition coefficient (Wildman–Crippen LogP) is 1.56. The molecule has 1 aromatic heterocycles. The Balaban J connectivity index is 2.46. The van der Waals surface area contributed by atoms with Gasteiger partial charge in [-0.2, -0.15) is 0 Å². The van der Waals surface area contributed by atoms with Crippen molar-refractivity contribution in [3.8, 4) is 0 Å². The number of rotatable bonds is 6. The first-order chi connectivity index (χ1) is 10.8. The summed E-state index contributed by atoms with van der Waals surface area (Å²) >= 11 is 0. The number of likely N-dealkylation sites (N-methyl/N-ethyl adjacent to an activating group) is 1. The van der Waals surface area contributed by atoms with Crippen LogP contribution in [-0.4, -0.2) is 58.8 Å². The summed E-state index contributed by atoms with van der Waals surface area (Å²) in [7, 11) is 3.82. The topological polar surface area (TPSA) is 73.7 Å². The van der Waals surface area contributed by atoms with Crippen molar-refractivity contribution >= 4 is 11.7 Å². The van der Waals surface area contributed by atoms with Crippen molar-refractivity contribution in [1.29, 1.82) is 0 Å². The fourth-order valence-corrected chi connectivity index (χ4v) is 2.65. The van der Waals surface area contributed by atoms with Crippen LogP contribution in [0.4, 0.5) is 0 Å². The Hall–Kier alpha value is -2.21. The second-order valence-corrected chi connectivity index (χ2v) is 6.27. The van der Waals surface area contributed by atoms with E-state index in [2.05, 4.69) is 4.98 Å². The Labute approximate surface area is 136 Å². The van der Waals surface area contributed by atoms with Gasteiger partial charge in [0.25, 0.3) is 5.91 Å². The molecule has 1 aromatic rings. The highest BCUT2D eigenvalue weighted by molar-refractivity contribution is 6.09. The first-order valence-corrected chi connectivity index (χ1v) is 7.67. The molecule has 1 atom stereocenters. The summed E-state index contributed by atoms with van der Waals surface area (Å²) < 4.78 is 0. The molecule has 0 aromatic carbocycles. The third-order valence-corrected chi connectivity index (χ3v) is 3.90. The van der Waals surface area contributed by atoms with Gasteiger partial charge in [-0.1, -0.05) is 13.8 Å². The van der Waals surface area contributed by atoms with Crippen molar-refractivity contribution in [2.45, 2.75) is 19.9 Å². The van der Waals surface area contributed by atoms with Gasteiger partial charge in [-0.25, -0.2) is 0 Å². The second-order valence-electron chi connectivity index (χ2n) is 6.27. The smallest absolute Gasteiger partial charge is 0.290 e. The summed E-state index contributed by atoms with van der Waals surface area (Å²) in [5.74, 6) is -1.41. The van der Waals surface area contributed by atoms with Crippen molar-refractivity contribution in [2.24, 2.45) is 5.92 Å². The Kier molecular flexibility index (Phi) is 5.15. The molecule has 0 saturated heterocycles. The maximum atomic E-state index is 12.5. The molecule has 0 spiro atoms. The third kappa shape index (κ3) is 3.42. The second kappa shape index (κ2) is 6.91. The summed E-state index contributed by atoms with van der Waals surface area (Å²) in [5, 5.41) is 10.3. The highest BCUT2D eigenvalue weighted by Gasteiger charge is 2.43. The zero-order valence-corrected chi connectivity index (χ0v) is 14.0. The molecular formula is C17H23N3O3. The lowest BCUT2D eigenvalue weighted by atomic mass is 9.92. The van der Waals surface area contributed by atoms with Crippen LogP contribution in [-0.2, 0) is 9.59 Å². The summed E-state index contributed by atoms with van der Waals surface area (Å²) in [5.41, 5.74) is 0.968. The molecule has 6 nitrogen and oxygen atoms in total. The lowest BCUT2D eigenvalue weighted by molar-refractivity contribution is -0.129. The van der Waals surface area contributed by atoms with Crippen molar-refractivity contribution in [3.05, 3.63) is 41.4 Å². The van der Waals surface area contributed by atoms with E-state index in [-0.39, 0.29) is 17.3 Å². The van der Waals surface area contributed by atoms with Gasteiger partial charge in [0.05, 0.1) is 11.6 Å². The van der Waals surface area contributed by atoms with Crippen LogP contribution in [0, 0.1) is 5.92 Å². The van der Waals surface area contributed by atoms with Gasteiger partial charge in [-0.3, -0.25) is 14.6 Å². The van der Waals surface area contributed by atoms with E-state index in [1.807, 2.05) is 19.0 Å². The zero-order valence-electron chi connectivity index (χ0n) is 14.0. The number of Topliss-reactive ketones (excluding diaryl/α,β-unsaturated/α-hetero) is 1. The molecule has 23 heavy (non-hydrogen) atoms. The van der Waals surface area contributed by atoms with Crippen LogP contribution in [0.3, 0.4) is 0 Å². The van der Waals surface area contributed by atoms with E-state index in [4.69, 9.17) is 0 Å². The fraction of sp³-hybridized carbons (Fsp3) is 0.471. The van der Waals surface area contributed by atoms with Gasteiger partial charge in [0.2, 0.25) is 0 Å². The van der Waals surface area contributed by atoms with E-state index >= 15 is 0 Å². The number of pyridine rings is 1. The fourth-order valence-electron chi connectivity index (χ4n) is 2.65. The highest BCUT2D eigenvalue weighted by atomic mass is 16.3. The van der Waals surface area contributed by atoms with Crippen LogP contribution in [0.2, 0.25) is 0 Å². The number of nitrogens with zero attached hydrogens (tertiary/aromatic N) is 3. The van der Waals surface area contributed by atoms with Gasteiger partial charge in [0.1, 0.15) is 0 Å². The molecule has 0 saturated carbocycles. The number of aliphatic hydroxyl groups excluding tert-OH is 1. The molecular weight excluding hydrogens is 294 g/mol. The van der Waals surface area contributed by atoms with E-state index in [1.54, 1.807) is 43.3 Å². The van der Waals surface area contributed by atoms with E-state index in [0.717, 1.165) is 5.56 Å². The molecule has 0 fully saturated rings. The van der Waals surface area contributed by atoms with Crippen molar-refractivity contribution < 1.29 is 14.7 Å². The van der Waals surface area contributed by atoms with E-state index in [1.165, 1.54) is 0 Å². The molecule has 6 heteroatoms.